The van der Waals surface area contributed by atoms with Crippen LogP contribution in [0.2, 0.25) is 5.02 Å². The number of nitrogens with zero attached hydrogens (tertiary/aromatic N) is 2. The number of halogens is 1. The highest BCUT2D eigenvalue weighted by atomic mass is 35.5. The predicted molar refractivity (Wildman–Crippen MR) is 112 cm³/mol. The lowest BCUT2D eigenvalue weighted by molar-refractivity contribution is 1.04. The largest absolute Gasteiger partial charge is 0.369 e. The molecule has 0 aliphatic heterocycles. The zero-order valence-electron chi connectivity index (χ0n) is 14.6. The van der Waals surface area contributed by atoms with Crippen LogP contribution in [-0.4, -0.2) is 15.9 Å². The SMILES string of the molecule is Cc1ccc(NC(N)=Nc2nc(CSc3ccc(Cl)cc3)cc(=O)[nH]2)cc1. The van der Waals surface area contributed by atoms with Gasteiger partial charge in [0, 0.05) is 27.4 Å². The lowest BCUT2D eigenvalue weighted by Gasteiger charge is -2.06. The Labute approximate surface area is 165 Å². The highest BCUT2D eigenvalue weighted by Gasteiger charge is 2.04. The molecule has 0 fully saturated rings. The molecule has 0 aliphatic carbocycles. The summed E-state index contributed by atoms with van der Waals surface area (Å²) < 4.78 is 0. The maximum atomic E-state index is 11.9. The molecule has 8 heteroatoms. The number of anilines is 1. The van der Waals surface area contributed by atoms with E-state index >= 15 is 0 Å². The number of aryl methyl sites for hydroxylation is 1. The minimum Gasteiger partial charge on any atom is -0.369 e. The minimum atomic E-state index is -0.279. The van der Waals surface area contributed by atoms with Gasteiger partial charge in [0.2, 0.25) is 11.9 Å². The molecule has 0 spiro atoms. The molecule has 0 bridgehead atoms. The van der Waals surface area contributed by atoms with Crippen LogP contribution in [0.1, 0.15) is 11.3 Å². The van der Waals surface area contributed by atoms with Gasteiger partial charge in [-0.1, -0.05) is 29.3 Å². The van der Waals surface area contributed by atoms with E-state index in [1.165, 1.54) is 6.07 Å². The van der Waals surface area contributed by atoms with Gasteiger partial charge in [0.15, 0.2) is 0 Å². The molecular formula is C19H18ClN5OS. The van der Waals surface area contributed by atoms with E-state index in [1.807, 2.05) is 55.5 Å². The Hall–Kier alpha value is -2.77. The topological polar surface area (TPSA) is 96.2 Å². The van der Waals surface area contributed by atoms with E-state index in [0.29, 0.717) is 16.5 Å². The predicted octanol–water partition coefficient (Wildman–Crippen LogP) is 4.08. The van der Waals surface area contributed by atoms with Crippen LogP contribution in [0, 0.1) is 6.92 Å². The molecule has 0 amide bonds. The van der Waals surface area contributed by atoms with Crippen molar-refractivity contribution in [3.8, 4) is 0 Å². The maximum Gasteiger partial charge on any atom is 0.252 e. The second-order valence-corrected chi connectivity index (χ2v) is 7.28. The molecule has 1 heterocycles. The van der Waals surface area contributed by atoms with Gasteiger partial charge in [0.1, 0.15) is 0 Å². The Balaban J connectivity index is 1.71. The Bertz CT molecular complexity index is 1000. The molecule has 6 nitrogen and oxygen atoms in total. The second-order valence-electron chi connectivity index (χ2n) is 5.79. The number of rotatable bonds is 5. The normalized spacial score (nSPS) is 11.4. The molecule has 0 unspecified atom stereocenters. The number of aromatic amines is 1. The van der Waals surface area contributed by atoms with E-state index in [1.54, 1.807) is 11.8 Å². The van der Waals surface area contributed by atoms with Crippen LogP contribution in [0.3, 0.4) is 0 Å². The lowest BCUT2D eigenvalue weighted by atomic mass is 10.2. The third-order valence-corrected chi connectivity index (χ3v) is 4.83. The van der Waals surface area contributed by atoms with Crippen molar-refractivity contribution in [1.82, 2.24) is 9.97 Å². The van der Waals surface area contributed by atoms with Gasteiger partial charge in [-0.15, -0.1) is 11.8 Å². The number of hydrogen-bond acceptors (Lipinski definition) is 4. The van der Waals surface area contributed by atoms with E-state index in [0.717, 1.165) is 16.1 Å². The summed E-state index contributed by atoms with van der Waals surface area (Å²) in [4.78, 5) is 24.0. The van der Waals surface area contributed by atoms with Crippen molar-refractivity contribution in [3.63, 3.8) is 0 Å². The molecule has 138 valence electrons. The summed E-state index contributed by atoms with van der Waals surface area (Å²) >= 11 is 7.44. The summed E-state index contributed by atoms with van der Waals surface area (Å²) in [5, 5.41) is 3.65. The molecule has 0 radical (unpaired) electrons. The van der Waals surface area contributed by atoms with Crippen molar-refractivity contribution in [1.29, 1.82) is 0 Å². The smallest absolute Gasteiger partial charge is 0.252 e. The first-order valence-electron chi connectivity index (χ1n) is 8.14. The van der Waals surface area contributed by atoms with Gasteiger partial charge < -0.3 is 11.1 Å². The summed E-state index contributed by atoms with van der Waals surface area (Å²) in [6, 6.07) is 16.6. The van der Waals surface area contributed by atoms with Gasteiger partial charge in [-0.05, 0) is 43.3 Å². The highest BCUT2D eigenvalue weighted by Crippen LogP contribution is 2.23. The minimum absolute atomic E-state index is 0.143. The van der Waals surface area contributed by atoms with Crippen molar-refractivity contribution < 1.29 is 0 Å². The third-order valence-electron chi connectivity index (χ3n) is 3.53. The fourth-order valence-corrected chi connectivity index (χ4v) is 3.15. The van der Waals surface area contributed by atoms with Crippen molar-refractivity contribution in [2.45, 2.75) is 17.6 Å². The van der Waals surface area contributed by atoms with Crippen LogP contribution >= 0.6 is 23.4 Å². The van der Waals surface area contributed by atoms with E-state index < -0.39 is 0 Å². The molecule has 4 N–H and O–H groups in total. The molecule has 0 saturated heterocycles. The van der Waals surface area contributed by atoms with Gasteiger partial charge in [-0.25, -0.2) is 4.98 Å². The molecule has 0 atom stereocenters. The summed E-state index contributed by atoms with van der Waals surface area (Å²) in [5.74, 6) is 0.829. The van der Waals surface area contributed by atoms with E-state index in [-0.39, 0.29) is 17.5 Å². The quantitative estimate of drug-likeness (QED) is 0.341. The number of guanidine groups is 1. The average molecular weight is 400 g/mol. The summed E-state index contributed by atoms with van der Waals surface area (Å²) in [6.45, 7) is 2.00. The fraction of sp³-hybridized carbons (Fsp3) is 0.105. The molecule has 0 saturated carbocycles. The van der Waals surface area contributed by atoms with Gasteiger partial charge >= 0.3 is 0 Å². The second kappa shape index (κ2) is 8.75. The summed E-state index contributed by atoms with van der Waals surface area (Å²) in [6.07, 6.45) is 0. The van der Waals surface area contributed by atoms with E-state index in [9.17, 15) is 4.79 Å². The standard InChI is InChI=1S/C19H18ClN5OS/c1-12-2-6-14(7-3-12)22-18(21)25-19-23-15(10-17(26)24-19)11-27-16-8-4-13(20)5-9-16/h2-10H,11H2,1H3,(H4,21,22,23,24,25,26). The first-order chi connectivity index (χ1) is 13.0. The average Bonchev–Trinajstić information content (AvgIpc) is 2.63. The zero-order chi connectivity index (χ0) is 19.2. The number of aromatic nitrogens is 2. The van der Waals surface area contributed by atoms with Gasteiger partial charge in [0.25, 0.3) is 5.56 Å². The van der Waals surface area contributed by atoms with E-state index in [4.69, 9.17) is 17.3 Å². The van der Waals surface area contributed by atoms with Crippen LogP contribution in [0.15, 0.2) is 69.3 Å². The van der Waals surface area contributed by atoms with Gasteiger partial charge in [0.05, 0.1) is 5.69 Å². The number of nitrogens with two attached hydrogens (primary N) is 1. The lowest BCUT2D eigenvalue weighted by Crippen LogP contribution is -2.22. The highest BCUT2D eigenvalue weighted by molar-refractivity contribution is 7.98. The Morgan fingerprint density at radius 1 is 1.22 bits per heavy atom. The number of nitrogens with one attached hydrogen (secondary N) is 2. The van der Waals surface area contributed by atoms with Gasteiger partial charge in [-0.2, -0.15) is 4.99 Å². The molecule has 1 aromatic heterocycles. The summed E-state index contributed by atoms with van der Waals surface area (Å²) in [7, 11) is 0. The Kier molecular flexibility index (Phi) is 6.16. The molecule has 2 aromatic carbocycles. The van der Waals surface area contributed by atoms with Crippen LogP contribution in [0.25, 0.3) is 0 Å². The molecular weight excluding hydrogens is 382 g/mol. The Morgan fingerprint density at radius 3 is 2.63 bits per heavy atom. The number of H-pyrrole nitrogens is 1. The number of aliphatic imine (C=N–C) groups is 1. The van der Waals surface area contributed by atoms with Crippen molar-refractivity contribution in [2.75, 3.05) is 5.32 Å². The number of thioether (sulfide) groups is 1. The Morgan fingerprint density at radius 2 is 1.93 bits per heavy atom. The molecule has 27 heavy (non-hydrogen) atoms. The van der Waals surface area contributed by atoms with Crippen molar-refractivity contribution in [3.05, 3.63) is 81.2 Å². The van der Waals surface area contributed by atoms with Crippen LogP contribution in [0.5, 0.6) is 0 Å². The summed E-state index contributed by atoms with van der Waals surface area (Å²) in [5.41, 5.74) is 8.20. The molecule has 3 rings (SSSR count). The fourth-order valence-electron chi connectivity index (χ4n) is 2.24. The maximum absolute atomic E-state index is 11.9. The number of hydrogen-bond donors (Lipinski definition) is 3. The monoisotopic (exact) mass is 399 g/mol. The third kappa shape index (κ3) is 5.87. The first-order valence-corrected chi connectivity index (χ1v) is 9.51. The molecule has 0 aliphatic rings. The first kappa shape index (κ1) is 19.0. The van der Waals surface area contributed by atoms with Crippen molar-refractivity contribution >= 4 is 41.0 Å². The molecule has 3 aromatic rings. The van der Waals surface area contributed by atoms with Gasteiger partial charge in [-0.3, -0.25) is 9.78 Å². The van der Waals surface area contributed by atoms with Crippen LogP contribution < -0.4 is 16.6 Å². The van der Waals surface area contributed by atoms with Crippen LogP contribution in [0.4, 0.5) is 11.6 Å². The van der Waals surface area contributed by atoms with E-state index in [2.05, 4.69) is 20.3 Å². The van der Waals surface area contributed by atoms with Crippen molar-refractivity contribution in [2.24, 2.45) is 10.7 Å². The number of benzene rings is 2. The zero-order valence-corrected chi connectivity index (χ0v) is 16.1. The van der Waals surface area contributed by atoms with Crippen LogP contribution in [-0.2, 0) is 5.75 Å².